The van der Waals surface area contributed by atoms with Crippen LogP contribution in [0.2, 0.25) is 5.02 Å². The molecule has 0 unspecified atom stereocenters. The molecule has 0 saturated heterocycles. The third kappa shape index (κ3) is 2.21. The van der Waals surface area contributed by atoms with Crippen LogP contribution in [0, 0.1) is 6.92 Å². The zero-order valence-electron chi connectivity index (χ0n) is 10.5. The Kier molecular flexibility index (Phi) is 2.98. The minimum Gasteiger partial charge on any atom is -0.486 e. The Bertz CT molecular complexity index is 625. The Morgan fingerprint density at radius 3 is 2.74 bits per heavy atom. The van der Waals surface area contributed by atoms with E-state index in [2.05, 4.69) is 5.10 Å². The first kappa shape index (κ1) is 12.2. The summed E-state index contributed by atoms with van der Waals surface area (Å²) in [5.41, 5.74) is 7.67. The Morgan fingerprint density at radius 1 is 1.32 bits per heavy atom. The molecule has 6 heteroatoms. The molecule has 0 atom stereocenters. The summed E-state index contributed by atoms with van der Waals surface area (Å²) in [7, 11) is 0. The van der Waals surface area contributed by atoms with Crippen LogP contribution < -0.4 is 15.2 Å². The Hall–Kier alpha value is -1.88. The van der Waals surface area contributed by atoms with Crippen LogP contribution >= 0.6 is 11.6 Å². The summed E-state index contributed by atoms with van der Waals surface area (Å²) >= 11 is 6.03. The molecule has 0 spiro atoms. The van der Waals surface area contributed by atoms with Crippen molar-refractivity contribution in [1.82, 2.24) is 9.78 Å². The predicted molar refractivity (Wildman–Crippen MR) is 72.9 cm³/mol. The summed E-state index contributed by atoms with van der Waals surface area (Å²) < 4.78 is 12.7. The van der Waals surface area contributed by atoms with Gasteiger partial charge >= 0.3 is 0 Å². The number of nitrogen functional groups attached to an aromatic ring is 1. The molecule has 2 N–H and O–H groups in total. The SMILES string of the molecule is Cc1nn(Cc2ccc3c(c2)OCCO3)c(N)c1Cl. The highest BCUT2D eigenvalue weighted by Crippen LogP contribution is 2.31. The second-order valence-electron chi connectivity index (χ2n) is 4.42. The second-order valence-corrected chi connectivity index (χ2v) is 4.80. The summed E-state index contributed by atoms with van der Waals surface area (Å²) in [4.78, 5) is 0. The average Bonchev–Trinajstić information content (AvgIpc) is 2.66. The van der Waals surface area contributed by atoms with Crippen molar-refractivity contribution in [2.75, 3.05) is 18.9 Å². The number of halogens is 1. The molecule has 0 amide bonds. The molecule has 1 aliphatic rings. The number of nitrogens with two attached hydrogens (primary N) is 1. The fraction of sp³-hybridized carbons (Fsp3) is 0.308. The number of hydrogen-bond acceptors (Lipinski definition) is 4. The fourth-order valence-corrected chi connectivity index (χ4v) is 2.19. The van der Waals surface area contributed by atoms with Crippen molar-refractivity contribution in [3.63, 3.8) is 0 Å². The smallest absolute Gasteiger partial charge is 0.161 e. The highest BCUT2D eigenvalue weighted by Gasteiger charge is 2.14. The molecule has 1 aromatic heterocycles. The lowest BCUT2D eigenvalue weighted by Crippen LogP contribution is -2.15. The van der Waals surface area contributed by atoms with Gasteiger partial charge in [0.2, 0.25) is 0 Å². The van der Waals surface area contributed by atoms with E-state index in [1.165, 1.54) is 0 Å². The van der Waals surface area contributed by atoms with Gasteiger partial charge in [-0.1, -0.05) is 17.7 Å². The van der Waals surface area contributed by atoms with Crippen molar-refractivity contribution in [3.8, 4) is 11.5 Å². The van der Waals surface area contributed by atoms with Crippen LogP contribution in [0.25, 0.3) is 0 Å². The number of nitrogens with zero attached hydrogens (tertiary/aromatic N) is 2. The van der Waals surface area contributed by atoms with Crippen molar-refractivity contribution in [2.24, 2.45) is 0 Å². The molecule has 0 bridgehead atoms. The minimum absolute atomic E-state index is 0.481. The first-order valence-corrected chi connectivity index (χ1v) is 6.40. The van der Waals surface area contributed by atoms with Crippen LogP contribution in [-0.2, 0) is 6.54 Å². The van der Waals surface area contributed by atoms with Gasteiger partial charge in [0.25, 0.3) is 0 Å². The molecule has 0 saturated carbocycles. The van der Waals surface area contributed by atoms with E-state index in [1.54, 1.807) is 4.68 Å². The van der Waals surface area contributed by atoms with Crippen LogP contribution in [0.15, 0.2) is 18.2 Å². The van der Waals surface area contributed by atoms with Gasteiger partial charge in [-0.15, -0.1) is 0 Å². The third-order valence-electron chi connectivity index (χ3n) is 3.03. The largest absolute Gasteiger partial charge is 0.486 e. The Labute approximate surface area is 115 Å². The van der Waals surface area contributed by atoms with Gasteiger partial charge in [-0.25, -0.2) is 4.68 Å². The predicted octanol–water partition coefficient (Wildman–Crippen LogP) is 2.25. The number of anilines is 1. The average molecular weight is 280 g/mol. The molecule has 1 aliphatic heterocycles. The van der Waals surface area contributed by atoms with E-state index in [0.717, 1.165) is 22.8 Å². The van der Waals surface area contributed by atoms with Gasteiger partial charge in [0, 0.05) is 0 Å². The highest BCUT2D eigenvalue weighted by molar-refractivity contribution is 6.33. The topological polar surface area (TPSA) is 62.3 Å². The molecule has 5 nitrogen and oxygen atoms in total. The van der Waals surface area contributed by atoms with Crippen LogP contribution in [0.1, 0.15) is 11.3 Å². The van der Waals surface area contributed by atoms with E-state index in [-0.39, 0.29) is 0 Å². The number of fused-ring (bicyclic) bond motifs is 1. The zero-order chi connectivity index (χ0) is 13.4. The summed E-state index contributed by atoms with van der Waals surface area (Å²) in [6.07, 6.45) is 0. The molecular formula is C13H14ClN3O2. The van der Waals surface area contributed by atoms with E-state index in [1.807, 2.05) is 25.1 Å². The fourth-order valence-electron chi connectivity index (χ4n) is 2.06. The number of aromatic nitrogens is 2. The van der Waals surface area contributed by atoms with Gasteiger partial charge in [0.1, 0.15) is 24.1 Å². The van der Waals surface area contributed by atoms with Crippen molar-refractivity contribution in [1.29, 1.82) is 0 Å². The van der Waals surface area contributed by atoms with Crippen LogP contribution in [0.4, 0.5) is 5.82 Å². The normalized spacial score (nSPS) is 13.6. The van der Waals surface area contributed by atoms with E-state index >= 15 is 0 Å². The zero-order valence-corrected chi connectivity index (χ0v) is 11.3. The van der Waals surface area contributed by atoms with E-state index in [0.29, 0.717) is 30.6 Å². The first-order chi connectivity index (χ1) is 9.15. The number of hydrogen-bond donors (Lipinski definition) is 1. The number of rotatable bonds is 2. The van der Waals surface area contributed by atoms with Gasteiger partial charge in [-0.05, 0) is 24.6 Å². The van der Waals surface area contributed by atoms with Gasteiger partial charge in [-0.2, -0.15) is 5.10 Å². The molecule has 0 aliphatic carbocycles. The van der Waals surface area contributed by atoms with Crippen molar-refractivity contribution >= 4 is 17.4 Å². The van der Waals surface area contributed by atoms with Gasteiger partial charge in [-0.3, -0.25) is 0 Å². The summed E-state index contributed by atoms with van der Waals surface area (Å²) in [6.45, 7) is 3.55. The maximum atomic E-state index is 6.03. The number of benzene rings is 1. The lowest BCUT2D eigenvalue weighted by molar-refractivity contribution is 0.171. The van der Waals surface area contributed by atoms with Crippen molar-refractivity contribution < 1.29 is 9.47 Å². The maximum Gasteiger partial charge on any atom is 0.161 e. The lowest BCUT2D eigenvalue weighted by Gasteiger charge is -2.19. The number of aryl methyl sites for hydroxylation is 1. The van der Waals surface area contributed by atoms with Crippen molar-refractivity contribution in [3.05, 3.63) is 34.5 Å². The first-order valence-electron chi connectivity index (χ1n) is 6.02. The third-order valence-corrected chi connectivity index (χ3v) is 3.50. The Morgan fingerprint density at radius 2 is 2.05 bits per heavy atom. The monoisotopic (exact) mass is 279 g/mol. The molecule has 2 aromatic rings. The minimum atomic E-state index is 0.481. The maximum absolute atomic E-state index is 6.03. The van der Waals surface area contributed by atoms with Crippen LogP contribution in [0.5, 0.6) is 11.5 Å². The molecule has 100 valence electrons. The van der Waals surface area contributed by atoms with E-state index < -0.39 is 0 Å². The second kappa shape index (κ2) is 4.66. The van der Waals surface area contributed by atoms with Gasteiger partial charge in [0.05, 0.1) is 12.2 Å². The standard InChI is InChI=1S/C13H14ClN3O2/c1-8-12(14)13(15)17(16-8)7-9-2-3-10-11(6-9)19-5-4-18-10/h2-3,6H,4-5,7,15H2,1H3. The summed E-state index contributed by atoms with van der Waals surface area (Å²) in [6, 6.07) is 5.81. The summed E-state index contributed by atoms with van der Waals surface area (Å²) in [5.74, 6) is 2.02. The highest BCUT2D eigenvalue weighted by atomic mass is 35.5. The van der Waals surface area contributed by atoms with Crippen LogP contribution in [0.3, 0.4) is 0 Å². The van der Waals surface area contributed by atoms with Crippen molar-refractivity contribution in [2.45, 2.75) is 13.5 Å². The molecule has 0 radical (unpaired) electrons. The molecule has 3 rings (SSSR count). The lowest BCUT2D eigenvalue weighted by atomic mass is 10.2. The molecule has 19 heavy (non-hydrogen) atoms. The molecule has 2 heterocycles. The molecular weight excluding hydrogens is 266 g/mol. The molecule has 0 fully saturated rings. The Balaban J connectivity index is 1.89. The van der Waals surface area contributed by atoms with Gasteiger partial charge in [0.15, 0.2) is 11.5 Å². The van der Waals surface area contributed by atoms with Crippen LogP contribution in [-0.4, -0.2) is 23.0 Å². The van der Waals surface area contributed by atoms with E-state index in [4.69, 9.17) is 26.8 Å². The number of ether oxygens (including phenoxy) is 2. The van der Waals surface area contributed by atoms with Gasteiger partial charge < -0.3 is 15.2 Å². The quantitative estimate of drug-likeness (QED) is 0.916. The van der Waals surface area contributed by atoms with E-state index in [9.17, 15) is 0 Å². The summed E-state index contributed by atoms with van der Waals surface area (Å²) in [5, 5.41) is 4.82. The molecule has 1 aromatic carbocycles.